The second-order valence-electron chi connectivity index (χ2n) is 4.89. The summed E-state index contributed by atoms with van der Waals surface area (Å²) in [4.78, 5) is 7.96. The Morgan fingerprint density at radius 3 is 2.55 bits per heavy atom. The number of fused-ring (bicyclic) bond motifs is 1. The molecule has 0 radical (unpaired) electrons. The number of halogens is 1. The maximum Gasteiger partial charge on any atom is 0.138 e. The van der Waals surface area contributed by atoms with Gasteiger partial charge in [0.25, 0.3) is 0 Å². The zero-order chi connectivity index (χ0) is 14.3. The first-order chi connectivity index (χ1) is 9.58. The normalized spacial score (nSPS) is 11.0. The lowest BCUT2D eigenvalue weighted by Crippen LogP contribution is -1.86. The number of hydrogen-bond acceptors (Lipinski definition) is 2. The minimum absolute atomic E-state index is 0.581. The molecule has 0 aliphatic heterocycles. The summed E-state index contributed by atoms with van der Waals surface area (Å²) >= 11 is 6.16. The SMILES string of the molecule is COc1ccc(-c2nc3cc(C)c(C)cc3[nH]2)cc1Cl. The van der Waals surface area contributed by atoms with Crippen molar-refractivity contribution in [1.29, 1.82) is 0 Å². The minimum atomic E-state index is 0.581. The molecule has 1 heterocycles. The first kappa shape index (κ1) is 13.0. The van der Waals surface area contributed by atoms with Crippen LogP contribution >= 0.6 is 11.6 Å². The fraction of sp³-hybridized carbons (Fsp3) is 0.188. The molecule has 0 atom stereocenters. The van der Waals surface area contributed by atoms with E-state index in [1.54, 1.807) is 7.11 Å². The molecule has 0 fully saturated rings. The van der Waals surface area contributed by atoms with E-state index in [0.29, 0.717) is 10.8 Å². The Balaban J connectivity index is 2.12. The lowest BCUT2D eigenvalue weighted by atomic mass is 10.1. The topological polar surface area (TPSA) is 37.9 Å². The smallest absolute Gasteiger partial charge is 0.138 e. The number of hydrogen-bond donors (Lipinski definition) is 1. The highest BCUT2D eigenvalue weighted by molar-refractivity contribution is 6.32. The van der Waals surface area contributed by atoms with Crippen molar-refractivity contribution in [2.24, 2.45) is 0 Å². The quantitative estimate of drug-likeness (QED) is 0.753. The van der Waals surface area contributed by atoms with Crippen LogP contribution in [-0.2, 0) is 0 Å². The Bertz CT molecular complexity index is 754. The number of aromatic nitrogens is 2. The van der Waals surface area contributed by atoms with Gasteiger partial charge in [-0.3, -0.25) is 0 Å². The van der Waals surface area contributed by atoms with Gasteiger partial charge in [-0.05, 0) is 55.3 Å². The van der Waals surface area contributed by atoms with Gasteiger partial charge < -0.3 is 9.72 Å². The van der Waals surface area contributed by atoms with Gasteiger partial charge in [-0.15, -0.1) is 0 Å². The van der Waals surface area contributed by atoms with Crippen molar-refractivity contribution in [1.82, 2.24) is 9.97 Å². The van der Waals surface area contributed by atoms with E-state index in [4.69, 9.17) is 16.3 Å². The van der Waals surface area contributed by atoms with Crippen LogP contribution in [0.25, 0.3) is 22.4 Å². The summed E-state index contributed by atoms with van der Waals surface area (Å²) < 4.78 is 5.16. The molecule has 0 unspecified atom stereocenters. The molecule has 0 saturated heterocycles. The Morgan fingerprint density at radius 2 is 1.85 bits per heavy atom. The molecule has 0 spiro atoms. The molecule has 4 heteroatoms. The Hall–Kier alpha value is -2.00. The van der Waals surface area contributed by atoms with Crippen molar-refractivity contribution in [3.63, 3.8) is 0 Å². The summed E-state index contributed by atoms with van der Waals surface area (Å²) in [5, 5.41) is 0.581. The van der Waals surface area contributed by atoms with Gasteiger partial charge in [0.05, 0.1) is 23.2 Å². The number of methoxy groups -OCH3 is 1. The number of aromatic amines is 1. The maximum atomic E-state index is 6.16. The molecule has 0 amide bonds. The van der Waals surface area contributed by atoms with Crippen LogP contribution < -0.4 is 4.74 Å². The predicted molar refractivity (Wildman–Crippen MR) is 82.6 cm³/mol. The van der Waals surface area contributed by atoms with Crippen LogP contribution in [0.5, 0.6) is 5.75 Å². The number of nitrogens with zero attached hydrogens (tertiary/aromatic N) is 1. The Kier molecular flexibility index (Phi) is 3.14. The molecule has 1 N–H and O–H groups in total. The third-order valence-corrected chi connectivity index (χ3v) is 3.82. The Labute approximate surface area is 122 Å². The number of H-pyrrole nitrogens is 1. The summed E-state index contributed by atoms with van der Waals surface area (Å²) in [6, 6.07) is 9.86. The van der Waals surface area contributed by atoms with Crippen molar-refractivity contribution in [2.45, 2.75) is 13.8 Å². The third-order valence-electron chi connectivity index (χ3n) is 3.52. The van der Waals surface area contributed by atoms with Crippen LogP contribution in [0.15, 0.2) is 30.3 Å². The first-order valence-corrected chi connectivity index (χ1v) is 6.77. The highest BCUT2D eigenvalue weighted by atomic mass is 35.5. The van der Waals surface area contributed by atoms with E-state index in [9.17, 15) is 0 Å². The second kappa shape index (κ2) is 4.84. The summed E-state index contributed by atoms with van der Waals surface area (Å²) in [6.45, 7) is 4.19. The summed E-state index contributed by atoms with van der Waals surface area (Å²) in [5.41, 5.74) is 5.44. The largest absolute Gasteiger partial charge is 0.495 e. The molecular weight excluding hydrogens is 272 g/mol. The molecule has 102 valence electrons. The van der Waals surface area contributed by atoms with Crippen LogP contribution in [0, 0.1) is 13.8 Å². The molecule has 3 rings (SSSR count). The standard InChI is InChI=1S/C16H15ClN2O/c1-9-6-13-14(7-10(9)2)19-16(18-13)11-4-5-15(20-3)12(17)8-11/h4-8H,1-3H3,(H,18,19). The fourth-order valence-electron chi connectivity index (χ4n) is 2.22. The van der Waals surface area contributed by atoms with Crippen LogP contribution in [0.1, 0.15) is 11.1 Å². The van der Waals surface area contributed by atoms with Crippen LogP contribution in [0.4, 0.5) is 0 Å². The van der Waals surface area contributed by atoms with Gasteiger partial charge >= 0.3 is 0 Å². The number of imidazole rings is 1. The van der Waals surface area contributed by atoms with E-state index >= 15 is 0 Å². The van der Waals surface area contributed by atoms with Gasteiger partial charge in [-0.1, -0.05) is 11.6 Å². The van der Waals surface area contributed by atoms with Crippen molar-refractivity contribution < 1.29 is 4.74 Å². The molecule has 20 heavy (non-hydrogen) atoms. The number of nitrogens with one attached hydrogen (secondary N) is 1. The highest BCUT2D eigenvalue weighted by Gasteiger charge is 2.09. The average Bonchev–Trinajstić information content (AvgIpc) is 2.82. The molecule has 1 aromatic heterocycles. The molecular formula is C16H15ClN2O. The number of benzene rings is 2. The molecule has 0 bridgehead atoms. The lowest BCUT2D eigenvalue weighted by Gasteiger charge is -2.03. The molecule has 0 aliphatic carbocycles. The molecule has 3 nitrogen and oxygen atoms in total. The van der Waals surface area contributed by atoms with Gasteiger partial charge in [0.15, 0.2) is 0 Å². The number of aryl methyl sites for hydroxylation is 2. The summed E-state index contributed by atoms with van der Waals surface area (Å²) in [5.74, 6) is 1.48. The Morgan fingerprint density at radius 1 is 1.10 bits per heavy atom. The number of ether oxygens (including phenoxy) is 1. The van der Waals surface area contributed by atoms with Crippen LogP contribution in [0.2, 0.25) is 5.02 Å². The first-order valence-electron chi connectivity index (χ1n) is 6.39. The fourth-order valence-corrected chi connectivity index (χ4v) is 2.48. The lowest BCUT2D eigenvalue weighted by molar-refractivity contribution is 0.415. The van der Waals surface area contributed by atoms with E-state index in [0.717, 1.165) is 22.4 Å². The van der Waals surface area contributed by atoms with Gasteiger partial charge in [0.1, 0.15) is 11.6 Å². The zero-order valence-corrected chi connectivity index (χ0v) is 12.4. The minimum Gasteiger partial charge on any atom is -0.495 e. The third kappa shape index (κ3) is 2.14. The highest BCUT2D eigenvalue weighted by Crippen LogP contribution is 2.30. The maximum absolute atomic E-state index is 6.16. The van der Waals surface area contributed by atoms with Crippen molar-refractivity contribution in [2.75, 3.05) is 7.11 Å². The monoisotopic (exact) mass is 286 g/mol. The van der Waals surface area contributed by atoms with Crippen molar-refractivity contribution in [3.05, 3.63) is 46.5 Å². The van der Waals surface area contributed by atoms with Gasteiger partial charge in [0.2, 0.25) is 0 Å². The van der Waals surface area contributed by atoms with E-state index in [-0.39, 0.29) is 0 Å². The van der Waals surface area contributed by atoms with E-state index in [2.05, 4.69) is 35.9 Å². The second-order valence-corrected chi connectivity index (χ2v) is 5.30. The predicted octanol–water partition coefficient (Wildman–Crippen LogP) is 4.51. The zero-order valence-electron chi connectivity index (χ0n) is 11.6. The summed E-state index contributed by atoms with van der Waals surface area (Å²) in [6.07, 6.45) is 0. The van der Waals surface area contributed by atoms with E-state index < -0.39 is 0 Å². The van der Waals surface area contributed by atoms with Crippen molar-refractivity contribution >= 4 is 22.6 Å². The van der Waals surface area contributed by atoms with Crippen LogP contribution in [0.3, 0.4) is 0 Å². The summed E-state index contributed by atoms with van der Waals surface area (Å²) in [7, 11) is 1.60. The molecule has 3 aromatic rings. The molecule has 0 saturated carbocycles. The molecule has 2 aromatic carbocycles. The van der Waals surface area contributed by atoms with Gasteiger partial charge in [-0.2, -0.15) is 0 Å². The average molecular weight is 287 g/mol. The van der Waals surface area contributed by atoms with Gasteiger partial charge in [0, 0.05) is 5.56 Å². The van der Waals surface area contributed by atoms with Gasteiger partial charge in [-0.25, -0.2) is 4.98 Å². The number of rotatable bonds is 2. The van der Waals surface area contributed by atoms with E-state index in [1.165, 1.54) is 11.1 Å². The molecule has 0 aliphatic rings. The van der Waals surface area contributed by atoms with Crippen LogP contribution in [-0.4, -0.2) is 17.1 Å². The van der Waals surface area contributed by atoms with E-state index in [1.807, 2.05) is 18.2 Å². The van der Waals surface area contributed by atoms with Crippen molar-refractivity contribution in [3.8, 4) is 17.1 Å².